The Morgan fingerprint density at radius 2 is 1.72 bits per heavy atom. The van der Waals surface area contributed by atoms with Gasteiger partial charge in [0.25, 0.3) is 0 Å². The molecular weight excluding hydrogens is 228 g/mol. The molecule has 0 radical (unpaired) electrons. The Kier molecular flexibility index (Phi) is 5.29. The van der Waals surface area contributed by atoms with Gasteiger partial charge < -0.3 is 15.4 Å². The van der Waals surface area contributed by atoms with E-state index in [1.165, 1.54) is 25.7 Å². The second-order valence-electron chi connectivity index (χ2n) is 5.66. The first-order valence-corrected chi connectivity index (χ1v) is 7.43. The zero-order valence-corrected chi connectivity index (χ0v) is 11.3. The highest BCUT2D eigenvalue weighted by molar-refractivity contribution is 5.67. The van der Waals surface area contributed by atoms with Crippen molar-refractivity contribution in [2.75, 3.05) is 26.2 Å². The van der Waals surface area contributed by atoms with Crippen molar-refractivity contribution in [2.45, 2.75) is 44.9 Å². The van der Waals surface area contributed by atoms with Crippen LogP contribution in [0.15, 0.2) is 0 Å². The van der Waals surface area contributed by atoms with E-state index in [2.05, 4.69) is 0 Å². The molecule has 0 aromatic heterocycles. The molecule has 0 spiro atoms. The molecule has 18 heavy (non-hydrogen) atoms. The van der Waals surface area contributed by atoms with Crippen molar-refractivity contribution in [3.8, 4) is 0 Å². The Labute approximate surface area is 110 Å². The first-order chi connectivity index (χ1) is 8.81. The maximum absolute atomic E-state index is 11.9. The summed E-state index contributed by atoms with van der Waals surface area (Å²) in [6.07, 6.45) is 8.24. The largest absolute Gasteiger partial charge is 0.449 e. The van der Waals surface area contributed by atoms with Crippen LogP contribution in [0.3, 0.4) is 0 Å². The van der Waals surface area contributed by atoms with Crippen LogP contribution in [0.5, 0.6) is 0 Å². The van der Waals surface area contributed by atoms with Crippen molar-refractivity contribution in [1.29, 1.82) is 0 Å². The molecule has 1 heterocycles. The Balaban J connectivity index is 1.73. The van der Waals surface area contributed by atoms with Crippen molar-refractivity contribution in [3.05, 3.63) is 0 Å². The van der Waals surface area contributed by atoms with E-state index >= 15 is 0 Å². The summed E-state index contributed by atoms with van der Waals surface area (Å²) in [5.74, 6) is 1.03. The minimum Gasteiger partial charge on any atom is -0.449 e. The van der Waals surface area contributed by atoms with E-state index < -0.39 is 0 Å². The van der Waals surface area contributed by atoms with Crippen LogP contribution in [0, 0.1) is 11.8 Å². The molecule has 1 amide bonds. The molecule has 2 rings (SSSR count). The molecule has 1 saturated carbocycles. The fourth-order valence-electron chi connectivity index (χ4n) is 3.16. The molecule has 2 unspecified atom stereocenters. The minimum absolute atomic E-state index is 0.115. The van der Waals surface area contributed by atoms with Gasteiger partial charge in [0.2, 0.25) is 0 Å². The molecule has 0 aromatic carbocycles. The summed E-state index contributed by atoms with van der Waals surface area (Å²) in [5.41, 5.74) is 5.79. The van der Waals surface area contributed by atoms with Gasteiger partial charge in [0.15, 0.2) is 0 Å². The van der Waals surface area contributed by atoms with Gasteiger partial charge in [0, 0.05) is 13.1 Å². The highest BCUT2D eigenvalue weighted by Crippen LogP contribution is 2.29. The number of amides is 1. The van der Waals surface area contributed by atoms with Gasteiger partial charge in [-0.25, -0.2) is 4.79 Å². The van der Waals surface area contributed by atoms with Crippen LogP contribution in [-0.4, -0.2) is 37.2 Å². The third-order valence-corrected chi connectivity index (χ3v) is 4.40. The summed E-state index contributed by atoms with van der Waals surface area (Å²) in [7, 11) is 0. The fraction of sp³-hybridized carbons (Fsp3) is 0.929. The quantitative estimate of drug-likeness (QED) is 0.841. The maximum Gasteiger partial charge on any atom is 0.409 e. The SMILES string of the molecule is NCC1CCCCC1COC(=O)N1CCCCC1. The van der Waals surface area contributed by atoms with Crippen LogP contribution in [0.4, 0.5) is 4.79 Å². The van der Waals surface area contributed by atoms with Crippen molar-refractivity contribution in [3.63, 3.8) is 0 Å². The van der Waals surface area contributed by atoms with E-state index in [1.54, 1.807) is 0 Å². The second kappa shape index (κ2) is 6.98. The van der Waals surface area contributed by atoms with Gasteiger partial charge in [-0.3, -0.25) is 0 Å². The average Bonchev–Trinajstić information content (AvgIpc) is 2.46. The normalized spacial score (nSPS) is 29.1. The summed E-state index contributed by atoms with van der Waals surface area (Å²) in [6, 6.07) is 0. The second-order valence-corrected chi connectivity index (χ2v) is 5.66. The number of nitrogens with zero attached hydrogens (tertiary/aromatic N) is 1. The van der Waals surface area contributed by atoms with E-state index in [-0.39, 0.29) is 6.09 Å². The maximum atomic E-state index is 11.9. The topological polar surface area (TPSA) is 55.6 Å². The van der Waals surface area contributed by atoms with Gasteiger partial charge in [-0.2, -0.15) is 0 Å². The standard InChI is InChI=1S/C14H26N2O2/c15-10-12-6-2-3-7-13(12)11-18-14(17)16-8-4-1-5-9-16/h12-13H,1-11,15H2. The lowest BCUT2D eigenvalue weighted by molar-refractivity contribution is 0.0616. The van der Waals surface area contributed by atoms with Crippen molar-refractivity contribution < 1.29 is 9.53 Å². The summed E-state index contributed by atoms with van der Waals surface area (Å²) in [6.45, 7) is 3.02. The average molecular weight is 254 g/mol. The number of carbonyl (C=O) groups is 1. The van der Waals surface area contributed by atoms with E-state index in [0.29, 0.717) is 18.4 Å². The van der Waals surface area contributed by atoms with Crippen molar-refractivity contribution in [2.24, 2.45) is 17.6 Å². The van der Waals surface area contributed by atoms with Crippen LogP contribution >= 0.6 is 0 Å². The Morgan fingerprint density at radius 1 is 1.06 bits per heavy atom. The zero-order chi connectivity index (χ0) is 12.8. The number of hydrogen-bond donors (Lipinski definition) is 1. The third-order valence-electron chi connectivity index (χ3n) is 4.40. The lowest BCUT2D eigenvalue weighted by atomic mass is 9.80. The van der Waals surface area contributed by atoms with Gasteiger partial charge >= 0.3 is 6.09 Å². The molecule has 2 atom stereocenters. The van der Waals surface area contributed by atoms with Crippen LogP contribution in [0.1, 0.15) is 44.9 Å². The molecule has 2 N–H and O–H groups in total. The van der Waals surface area contributed by atoms with Crippen molar-refractivity contribution in [1.82, 2.24) is 4.90 Å². The van der Waals surface area contributed by atoms with Crippen LogP contribution in [0.25, 0.3) is 0 Å². The van der Waals surface area contributed by atoms with Gasteiger partial charge in [-0.15, -0.1) is 0 Å². The number of rotatable bonds is 3. The molecule has 4 nitrogen and oxygen atoms in total. The molecule has 0 aromatic rings. The molecule has 2 aliphatic rings. The molecular formula is C14H26N2O2. The predicted octanol–water partition coefficient (Wildman–Crippen LogP) is 2.37. The Morgan fingerprint density at radius 3 is 2.39 bits per heavy atom. The van der Waals surface area contributed by atoms with Crippen LogP contribution in [-0.2, 0) is 4.74 Å². The van der Waals surface area contributed by atoms with Gasteiger partial charge in [-0.1, -0.05) is 12.8 Å². The van der Waals surface area contributed by atoms with Crippen LogP contribution < -0.4 is 5.73 Å². The summed E-state index contributed by atoms with van der Waals surface area (Å²) in [5, 5.41) is 0. The van der Waals surface area contributed by atoms with Gasteiger partial charge in [0.05, 0.1) is 6.61 Å². The van der Waals surface area contributed by atoms with E-state index in [0.717, 1.165) is 38.9 Å². The first-order valence-electron chi connectivity index (χ1n) is 7.43. The fourth-order valence-corrected chi connectivity index (χ4v) is 3.16. The lowest BCUT2D eigenvalue weighted by Gasteiger charge is -2.31. The van der Waals surface area contributed by atoms with Crippen molar-refractivity contribution >= 4 is 6.09 Å². The molecule has 1 aliphatic heterocycles. The van der Waals surface area contributed by atoms with Crippen LogP contribution in [0.2, 0.25) is 0 Å². The molecule has 1 saturated heterocycles. The Hall–Kier alpha value is -0.770. The molecule has 4 heteroatoms. The number of nitrogens with two attached hydrogens (primary N) is 1. The highest BCUT2D eigenvalue weighted by atomic mass is 16.6. The Bertz CT molecular complexity index is 265. The number of likely N-dealkylation sites (tertiary alicyclic amines) is 1. The summed E-state index contributed by atoms with van der Waals surface area (Å²) in [4.78, 5) is 13.8. The molecule has 1 aliphatic carbocycles. The number of hydrogen-bond acceptors (Lipinski definition) is 3. The minimum atomic E-state index is -0.115. The van der Waals surface area contributed by atoms with Gasteiger partial charge in [0.1, 0.15) is 0 Å². The van der Waals surface area contributed by atoms with E-state index in [4.69, 9.17) is 10.5 Å². The number of ether oxygens (including phenoxy) is 1. The highest BCUT2D eigenvalue weighted by Gasteiger charge is 2.26. The molecule has 2 fully saturated rings. The van der Waals surface area contributed by atoms with Gasteiger partial charge in [-0.05, 0) is 50.5 Å². The smallest absolute Gasteiger partial charge is 0.409 e. The predicted molar refractivity (Wildman–Crippen MR) is 71.3 cm³/mol. The summed E-state index contributed by atoms with van der Waals surface area (Å²) < 4.78 is 5.48. The number of piperidine rings is 1. The lowest BCUT2D eigenvalue weighted by Crippen LogP contribution is -2.38. The van der Waals surface area contributed by atoms with E-state index in [9.17, 15) is 4.79 Å². The monoisotopic (exact) mass is 254 g/mol. The first kappa shape index (κ1) is 13.7. The molecule has 0 bridgehead atoms. The number of carbonyl (C=O) groups excluding carboxylic acids is 1. The molecule has 104 valence electrons. The third kappa shape index (κ3) is 3.61. The van der Waals surface area contributed by atoms with E-state index in [1.807, 2.05) is 4.90 Å². The summed E-state index contributed by atoms with van der Waals surface area (Å²) >= 11 is 0. The zero-order valence-electron chi connectivity index (χ0n) is 11.3.